The number of nitrogens with zero attached hydrogens (tertiary/aromatic N) is 3. The quantitative estimate of drug-likeness (QED) is 0.250. The molecule has 0 radical (unpaired) electrons. The number of methoxy groups -OCH3 is 1. The van der Waals surface area contributed by atoms with Crippen molar-refractivity contribution in [2.75, 3.05) is 44.9 Å². The second-order valence-electron chi connectivity index (χ2n) is 7.98. The number of anilines is 1. The van der Waals surface area contributed by atoms with Crippen LogP contribution in [0.3, 0.4) is 0 Å². The fraction of sp³-hybridized carbons (Fsp3) is 0.440. The highest BCUT2D eigenvalue weighted by Crippen LogP contribution is 2.31. The second kappa shape index (κ2) is 12.2. The molecule has 7 heteroatoms. The first-order chi connectivity index (χ1) is 15.5. The zero-order valence-electron chi connectivity index (χ0n) is 19.5. The van der Waals surface area contributed by atoms with Crippen LogP contribution in [0.1, 0.15) is 31.7 Å². The number of fused-ring (bicyclic) bond motifs is 1. The van der Waals surface area contributed by atoms with E-state index in [2.05, 4.69) is 56.3 Å². The van der Waals surface area contributed by atoms with Gasteiger partial charge in [-0.3, -0.25) is 9.69 Å². The number of aryl methyl sites for hydroxylation is 1. The first kappa shape index (κ1) is 24.6. The molecule has 0 N–H and O–H groups in total. The van der Waals surface area contributed by atoms with Crippen LogP contribution < -0.4 is 9.64 Å². The summed E-state index contributed by atoms with van der Waals surface area (Å²) in [4.78, 5) is 23.2. The Bertz CT molecular complexity index is 1000. The zero-order valence-corrected chi connectivity index (χ0v) is 21.1. The highest BCUT2D eigenvalue weighted by molar-refractivity contribution is 7.99. The van der Waals surface area contributed by atoms with E-state index in [9.17, 15) is 4.79 Å². The second-order valence-corrected chi connectivity index (χ2v) is 10.2. The highest BCUT2D eigenvalue weighted by atomic mass is 32.2. The third-order valence-corrected chi connectivity index (χ3v) is 7.37. The van der Waals surface area contributed by atoms with Crippen LogP contribution in [0.2, 0.25) is 0 Å². The molecule has 1 amide bonds. The van der Waals surface area contributed by atoms with Gasteiger partial charge >= 0.3 is 0 Å². The first-order valence-electron chi connectivity index (χ1n) is 11.1. The molecule has 5 nitrogen and oxygen atoms in total. The van der Waals surface area contributed by atoms with E-state index >= 15 is 0 Å². The normalized spacial score (nSPS) is 11.3. The van der Waals surface area contributed by atoms with Crippen molar-refractivity contribution < 1.29 is 9.53 Å². The van der Waals surface area contributed by atoms with E-state index in [4.69, 9.17) is 9.72 Å². The van der Waals surface area contributed by atoms with Crippen LogP contribution in [-0.4, -0.2) is 55.8 Å². The lowest BCUT2D eigenvalue weighted by Crippen LogP contribution is -2.33. The third-order valence-electron chi connectivity index (χ3n) is 5.23. The summed E-state index contributed by atoms with van der Waals surface area (Å²) in [5.74, 6) is 1.93. The standard InChI is InChI=1S/C25H33N3O2S2/c1-5-19-9-14-22-23(18-19)32-25(26-22)28(16-7-15-27(2)3)24(29)8-6-17-31-21-12-10-20(30-4)11-13-21/h9-14,18H,5-8,15-17H2,1-4H3. The monoisotopic (exact) mass is 471 g/mol. The summed E-state index contributed by atoms with van der Waals surface area (Å²) in [5.41, 5.74) is 2.27. The lowest BCUT2D eigenvalue weighted by molar-refractivity contribution is -0.118. The predicted octanol–water partition coefficient (Wildman–Crippen LogP) is 5.72. The van der Waals surface area contributed by atoms with Gasteiger partial charge in [-0.2, -0.15) is 0 Å². The largest absolute Gasteiger partial charge is 0.497 e. The number of carbonyl (C=O) groups excluding carboxylic acids is 1. The molecule has 0 spiro atoms. The number of hydrogen-bond donors (Lipinski definition) is 0. The van der Waals surface area contributed by atoms with Gasteiger partial charge in [-0.15, -0.1) is 11.8 Å². The molecule has 2 aromatic carbocycles. The number of aromatic nitrogens is 1. The Labute approximate surface area is 199 Å². The van der Waals surface area contributed by atoms with Crippen molar-refractivity contribution in [3.05, 3.63) is 48.0 Å². The Kier molecular flexibility index (Phi) is 9.38. The molecule has 32 heavy (non-hydrogen) atoms. The van der Waals surface area contributed by atoms with Crippen molar-refractivity contribution in [2.45, 2.75) is 37.5 Å². The molecule has 0 aliphatic rings. The van der Waals surface area contributed by atoms with Gasteiger partial charge in [0.1, 0.15) is 5.75 Å². The molecular formula is C25H33N3O2S2. The van der Waals surface area contributed by atoms with E-state index < -0.39 is 0 Å². The fourth-order valence-electron chi connectivity index (χ4n) is 3.38. The molecule has 0 saturated carbocycles. The van der Waals surface area contributed by atoms with Crippen LogP contribution in [-0.2, 0) is 11.2 Å². The third kappa shape index (κ3) is 6.95. The van der Waals surface area contributed by atoms with Crippen LogP contribution in [0.15, 0.2) is 47.4 Å². The predicted molar refractivity (Wildman–Crippen MR) is 137 cm³/mol. The van der Waals surface area contributed by atoms with Crippen LogP contribution in [0.4, 0.5) is 5.13 Å². The minimum Gasteiger partial charge on any atom is -0.497 e. The number of rotatable bonds is 12. The minimum absolute atomic E-state index is 0.161. The molecular weight excluding hydrogens is 438 g/mol. The van der Waals surface area contributed by atoms with E-state index in [0.29, 0.717) is 13.0 Å². The lowest BCUT2D eigenvalue weighted by Gasteiger charge is -2.21. The summed E-state index contributed by atoms with van der Waals surface area (Å²) in [7, 11) is 5.80. The van der Waals surface area contributed by atoms with Gasteiger partial charge in [0.2, 0.25) is 5.91 Å². The smallest absolute Gasteiger partial charge is 0.228 e. The fourth-order valence-corrected chi connectivity index (χ4v) is 5.31. The molecule has 0 aliphatic heterocycles. The number of amides is 1. The van der Waals surface area contributed by atoms with Crippen LogP contribution in [0, 0.1) is 0 Å². The Balaban J connectivity index is 1.62. The summed E-state index contributed by atoms with van der Waals surface area (Å²) in [6.45, 7) is 3.80. The summed E-state index contributed by atoms with van der Waals surface area (Å²) in [5, 5.41) is 0.819. The van der Waals surface area contributed by atoms with Crippen molar-refractivity contribution in [1.29, 1.82) is 0 Å². The van der Waals surface area contributed by atoms with Crippen LogP contribution >= 0.6 is 23.1 Å². The van der Waals surface area contributed by atoms with E-state index in [0.717, 1.165) is 52.7 Å². The van der Waals surface area contributed by atoms with Gasteiger partial charge in [0, 0.05) is 17.9 Å². The average molecular weight is 472 g/mol. The van der Waals surface area contributed by atoms with E-state index in [1.807, 2.05) is 17.0 Å². The maximum absolute atomic E-state index is 13.2. The number of benzene rings is 2. The molecule has 0 unspecified atom stereocenters. The van der Waals surface area contributed by atoms with Crippen molar-refractivity contribution >= 4 is 44.4 Å². The number of thioether (sulfide) groups is 1. The van der Waals surface area contributed by atoms with E-state index in [-0.39, 0.29) is 5.91 Å². The van der Waals surface area contributed by atoms with Gasteiger partial charge in [-0.05, 0) is 87.6 Å². The number of thiazole rings is 1. The molecule has 0 aliphatic carbocycles. The highest BCUT2D eigenvalue weighted by Gasteiger charge is 2.19. The van der Waals surface area contributed by atoms with Gasteiger partial charge in [-0.1, -0.05) is 24.3 Å². The van der Waals surface area contributed by atoms with Gasteiger partial charge in [-0.25, -0.2) is 4.98 Å². The summed E-state index contributed by atoms with van der Waals surface area (Å²) in [6, 6.07) is 14.5. The minimum atomic E-state index is 0.161. The number of ether oxygens (including phenoxy) is 1. The molecule has 3 aromatic rings. The molecule has 1 aromatic heterocycles. The average Bonchev–Trinajstić information content (AvgIpc) is 3.22. The Hall–Kier alpha value is -2.09. The Morgan fingerprint density at radius 2 is 1.88 bits per heavy atom. The first-order valence-corrected chi connectivity index (χ1v) is 12.9. The van der Waals surface area contributed by atoms with Crippen molar-refractivity contribution in [3.63, 3.8) is 0 Å². The maximum Gasteiger partial charge on any atom is 0.228 e. The van der Waals surface area contributed by atoms with Crippen LogP contribution in [0.25, 0.3) is 10.2 Å². The van der Waals surface area contributed by atoms with Gasteiger partial charge in [0.25, 0.3) is 0 Å². The molecule has 172 valence electrons. The van der Waals surface area contributed by atoms with Crippen molar-refractivity contribution in [3.8, 4) is 5.75 Å². The Morgan fingerprint density at radius 3 is 2.56 bits per heavy atom. The van der Waals surface area contributed by atoms with Crippen LogP contribution in [0.5, 0.6) is 5.75 Å². The summed E-state index contributed by atoms with van der Waals surface area (Å²) in [6.07, 6.45) is 3.29. The summed E-state index contributed by atoms with van der Waals surface area (Å²) < 4.78 is 6.36. The van der Waals surface area contributed by atoms with E-state index in [1.54, 1.807) is 30.2 Å². The van der Waals surface area contributed by atoms with Gasteiger partial charge < -0.3 is 9.64 Å². The zero-order chi connectivity index (χ0) is 22.9. The van der Waals surface area contributed by atoms with Crippen molar-refractivity contribution in [1.82, 2.24) is 9.88 Å². The molecule has 0 atom stereocenters. The molecule has 1 heterocycles. The molecule has 0 bridgehead atoms. The summed E-state index contributed by atoms with van der Waals surface area (Å²) >= 11 is 3.40. The molecule has 0 saturated heterocycles. The van der Waals surface area contributed by atoms with Gasteiger partial charge in [0.15, 0.2) is 5.13 Å². The topological polar surface area (TPSA) is 45.7 Å². The maximum atomic E-state index is 13.2. The van der Waals surface area contributed by atoms with Gasteiger partial charge in [0.05, 0.1) is 17.3 Å². The number of hydrogen-bond acceptors (Lipinski definition) is 6. The molecule has 3 rings (SSSR count). The lowest BCUT2D eigenvalue weighted by atomic mass is 10.2. The molecule has 0 fully saturated rings. The number of carbonyl (C=O) groups is 1. The Morgan fingerprint density at radius 1 is 1.09 bits per heavy atom. The SMILES string of the molecule is CCc1ccc2nc(N(CCCN(C)C)C(=O)CCCSc3ccc(OC)cc3)sc2c1. The van der Waals surface area contributed by atoms with E-state index in [1.165, 1.54) is 10.5 Å². The van der Waals surface area contributed by atoms with Crippen molar-refractivity contribution in [2.24, 2.45) is 0 Å².